The number of halogens is 1. The van der Waals surface area contributed by atoms with Crippen LogP contribution in [0.15, 0.2) is 40.8 Å². The number of carbonyl (C=O) groups is 1. The summed E-state index contributed by atoms with van der Waals surface area (Å²) in [5, 5.41) is 0. The number of nitrogens with zero attached hydrogens (tertiary/aromatic N) is 1. The predicted octanol–water partition coefficient (Wildman–Crippen LogP) is 3.00. The van der Waals surface area contributed by atoms with Crippen LogP contribution in [0.2, 0.25) is 0 Å². The van der Waals surface area contributed by atoms with Gasteiger partial charge in [0.25, 0.3) is 0 Å². The third-order valence-electron chi connectivity index (χ3n) is 4.23. The molecule has 4 nitrogen and oxygen atoms in total. The molecule has 1 saturated heterocycles. The number of furan rings is 1. The van der Waals surface area contributed by atoms with Crippen molar-refractivity contribution in [2.75, 3.05) is 18.1 Å². The molecule has 1 amide bonds. The molecule has 0 unspecified atom stereocenters. The van der Waals surface area contributed by atoms with Crippen molar-refractivity contribution in [3.05, 3.63) is 48.0 Å². The van der Waals surface area contributed by atoms with Crippen LogP contribution in [0, 0.1) is 5.82 Å². The summed E-state index contributed by atoms with van der Waals surface area (Å²) in [5.74, 6) is 1.94. The molecular weight excluding hydrogens is 329 g/mol. The number of rotatable bonds is 4. The fourth-order valence-electron chi connectivity index (χ4n) is 2.93. The van der Waals surface area contributed by atoms with E-state index in [1.807, 2.05) is 6.92 Å². The van der Waals surface area contributed by atoms with E-state index < -0.39 is 10.8 Å². The van der Waals surface area contributed by atoms with Crippen molar-refractivity contribution in [2.45, 2.75) is 25.8 Å². The van der Waals surface area contributed by atoms with E-state index >= 15 is 0 Å². The summed E-state index contributed by atoms with van der Waals surface area (Å²) in [4.78, 5) is 14.1. The van der Waals surface area contributed by atoms with Gasteiger partial charge >= 0.3 is 0 Å². The molecule has 2 aromatic rings. The third-order valence-corrected chi connectivity index (χ3v) is 5.72. The second-order valence-corrected chi connectivity index (χ2v) is 7.61. The van der Waals surface area contributed by atoms with Crippen molar-refractivity contribution in [2.24, 2.45) is 0 Å². The van der Waals surface area contributed by atoms with Crippen molar-refractivity contribution in [1.82, 2.24) is 4.90 Å². The summed E-state index contributed by atoms with van der Waals surface area (Å²) in [5.41, 5.74) is 0.419. The largest absolute Gasteiger partial charge is 0.461 e. The van der Waals surface area contributed by atoms with Crippen LogP contribution in [0.4, 0.5) is 4.39 Å². The molecule has 1 aliphatic heterocycles. The first-order chi connectivity index (χ1) is 11.5. The Kier molecular flexibility index (Phi) is 5.14. The molecule has 3 rings (SSSR count). The van der Waals surface area contributed by atoms with Gasteiger partial charge < -0.3 is 9.32 Å². The number of benzene rings is 1. The predicted molar refractivity (Wildman–Crippen MR) is 91.5 cm³/mol. The molecule has 2 atom stereocenters. The van der Waals surface area contributed by atoms with Gasteiger partial charge in [-0.2, -0.15) is 0 Å². The number of aryl methyl sites for hydroxylation is 1. The van der Waals surface area contributed by atoms with Crippen LogP contribution in [0.3, 0.4) is 0 Å². The number of amides is 1. The van der Waals surface area contributed by atoms with Gasteiger partial charge in [0.2, 0.25) is 5.91 Å². The van der Waals surface area contributed by atoms with Crippen molar-refractivity contribution in [3.63, 3.8) is 0 Å². The molecule has 0 aliphatic carbocycles. The molecule has 0 N–H and O–H groups in total. The van der Waals surface area contributed by atoms with E-state index in [1.165, 1.54) is 6.07 Å². The first-order valence-electron chi connectivity index (χ1n) is 8.02. The standard InChI is InChI=1S/C18H20FNO3S/c1-13-12-24(22)11-10-20(13)18(21)9-7-14-6-8-17(23-14)15-4-2-3-5-16(15)19/h2-6,8,13H,7,9-12H2,1H3/t13-,24-/m1/s1. The Labute approximate surface area is 143 Å². The Bertz CT molecular complexity index is 758. The van der Waals surface area contributed by atoms with Crippen LogP contribution in [-0.4, -0.2) is 39.1 Å². The van der Waals surface area contributed by atoms with E-state index in [4.69, 9.17) is 4.42 Å². The molecule has 0 radical (unpaired) electrons. The second-order valence-electron chi connectivity index (χ2n) is 5.99. The minimum Gasteiger partial charge on any atom is -0.461 e. The molecule has 1 aliphatic rings. The van der Waals surface area contributed by atoms with E-state index in [2.05, 4.69) is 0 Å². The smallest absolute Gasteiger partial charge is 0.223 e. The van der Waals surface area contributed by atoms with Gasteiger partial charge in [-0.3, -0.25) is 9.00 Å². The highest BCUT2D eigenvalue weighted by atomic mass is 32.2. The van der Waals surface area contributed by atoms with Gasteiger partial charge in [0.1, 0.15) is 17.3 Å². The highest BCUT2D eigenvalue weighted by molar-refractivity contribution is 7.85. The first kappa shape index (κ1) is 16.9. The number of hydrogen-bond donors (Lipinski definition) is 0. The molecule has 1 aromatic heterocycles. The van der Waals surface area contributed by atoms with Crippen molar-refractivity contribution < 1.29 is 17.8 Å². The normalized spacial score (nSPS) is 21.0. The summed E-state index contributed by atoms with van der Waals surface area (Å²) >= 11 is 0. The van der Waals surface area contributed by atoms with Crippen LogP contribution in [-0.2, 0) is 22.0 Å². The Morgan fingerprint density at radius 3 is 2.88 bits per heavy atom. The van der Waals surface area contributed by atoms with Gasteiger partial charge in [-0.25, -0.2) is 4.39 Å². The molecule has 2 heterocycles. The third kappa shape index (κ3) is 3.75. The topological polar surface area (TPSA) is 50.5 Å². The molecular formula is C18H20FNO3S. The maximum Gasteiger partial charge on any atom is 0.223 e. The lowest BCUT2D eigenvalue weighted by Gasteiger charge is -2.32. The summed E-state index contributed by atoms with van der Waals surface area (Å²) in [6.45, 7) is 2.48. The molecule has 0 saturated carbocycles. The lowest BCUT2D eigenvalue weighted by Crippen LogP contribution is -2.48. The minimum absolute atomic E-state index is 0.0117. The van der Waals surface area contributed by atoms with E-state index in [0.29, 0.717) is 48.0 Å². The highest BCUT2D eigenvalue weighted by Crippen LogP contribution is 2.25. The zero-order chi connectivity index (χ0) is 17.1. The molecule has 128 valence electrons. The molecule has 1 fully saturated rings. The molecule has 0 bridgehead atoms. The molecule has 0 spiro atoms. The Morgan fingerprint density at radius 2 is 2.12 bits per heavy atom. The van der Waals surface area contributed by atoms with Crippen molar-refractivity contribution >= 4 is 16.7 Å². The molecule has 6 heteroatoms. The van der Waals surface area contributed by atoms with Crippen LogP contribution < -0.4 is 0 Å². The molecule has 24 heavy (non-hydrogen) atoms. The molecule has 1 aromatic carbocycles. The quantitative estimate of drug-likeness (QED) is 0.853. The number of hydrogen-bond acceptors (Lipinski definition) is 3. The van der Waals surface area contributed by atoms with E-state index in [0.717, 1.165) is 0 Å². The zero-order valence-electron chi connectivity index (χ0n) is 13.5. The fourth-order valence-corrected chi connectivity index (χ4v) is 4.21. The minimum atomic E-state index is -0.816. The zero-order valence-corrected chi connectivity index (χ0v) is 14.4. The van der Waals surface area contributed by atoms with E-state index in [-0.39, 0.29) is 17.8 Å². The highest BCUT2D eigenvalue weighted by Gasteiger charge is 2.26. The van der Waals surface area contributed by atoms with Crippen LogP contribution in [0.5, 0.6) is 0 Å². The van der Waals surface area contributed by atoms with Gasteiger partial charge in [-0.05, 0) is 31.2 Å². The fraction of sp³-hybridized carbons (Fsp3) is 0.389. The summed E-state index contributed by atoms with van der Waals surface area (Å²) < 4.78 is 31.0. The van der Waals surface area contributed by atoms with Crippen molar-refractivity contribution in [1.29, 1.82) is 0 Å². The van der Waals surface area contributed by atoms with Gasteiger partial charge in [-0.1, -0.05) is 12.1 Å². The van der Waals surface area contributed by atoms with Crippen LogP contribution in [0.1, 0.15) is 19.1 Å². The second kappa shape index (κ2) is 7.30. The Morgan fingerprint density at radius 1 is 1.33 bits per heavy atom. The summed E-state index contributed by atoms with van der Waals surface area (Å²) in [6, 6.07) is 9.97. The Hall–Kier alpha value is -1.95. The van der Waals surface area contributed by atoms with E-state index in [9.17, 15) is 13.4 Å². The monoisotopic (exact) mass is 349 g/mol. The number of carbonyl (C=O) groups excluding carboxylic acids is 1. The van der Waals surface area contributed by atoms with Crippen LogP contribution >= 0.6 is 0 Å². The average Bonchev–Trinajstić information content (AvgIpc) is 3.02. The van der Waals surface area contributed by atoms with Crippen molar-refractivity contribution in [3.8, 4) is 11.3 Å². The van der Waals surface area contributed by atoms with Crippen LogP contribution in [0.25, 0.3) is 11.3 Å². The maximum absolute atomic E-state index is 13.8. The lowest BCUT2D eigenvalue weighted by molar-refractivity contribution is -0.132. The Balaban J connectivity index is 1.60. The summed E-state index contributed by atoms with van der Waals surface area (Å²) in [6.07, 6.45) is 0.806. The van der Waals surface area contributed by atoms with Gasteiger partial charge in [0.05, 0.1) is 5.56 Å². The first-order valence-corrected chi connectivity index (χ1v) is 9.51. The van der Waals surface area contributed by atoms with Gasteiger partial charge in [-0.15, -0.1) is 0 Å². The summed E-state index contributed by atoms with van der Waals surface area (Å²) in [7, 11) is -0.816. The van der Waals surface area contributed by atoms with Gasteiger partial charge in [0.15, 0.2) is 0 Å². The average molecular weight is 349 g/mol. The maximum atomic E-state index is 13.8. The lowest BCUT2D eigenvalue weighted by atomic mass is 10.1. The SMILES string of the molecule is C[C@@H]1C[S@](=O)CCN1C(=O)CCc1ccc(-c2ccccc2F)o1. The van der Waals surface area contributed by atoms with Gasteiger partial charge in [0, 0.05) is 47.7 Å². The van der Waals surface area contributed by atoms with E-state index in [1.54, 1.807) is 35.2 Å².